The van der Waals surface area contributed by atoms with E-state index in [-0.39, 0.29) is 19.4 Å². The number of rotatable bonds is 12. The van der Waals surface area contributed by atoms with Gasteiger partial charge in [0.05, 0.1) is 17.8 Å². The van der Waals surface area contributed by atoms with E-state index in [1.165, 1.54) is 0 Å². The second kappa shape index (κ2) is 13.3. The van der Waals surface area contributed by atoms with Crippen molar-refractivity contribution in [2.24, 2.45) is 0 Å². The van der Waals surface area contributed by atoms with Crippen molar-refractivity contribution in [3.05, 3.63) is 65.9 Å². The Hall–Kier alpha value is -3.89. The molecule has 1 saturated heterocycles. The number of amides is 1. The molecule has 1 aliphatic rings. The Morgan fingerprint density at radius 1 is 1.13 bits per heavy atom. The molecule has 0 aliphatic carbocycles. The Bertz CT molecular complexity index is 1350. The number of nitrogens with one attached hydrogen (secondary N) is 1. The summed E-state index contributed by atoms with van der Waals surface area (Å²) in [5.41, 5.74) is 3.32. The van der Waals surface area contributed by atoms with Gasteiger partial charge in [-0.05, 0) is 62.3 Å². The number of nitrogens with zero attached hydrogens (tertiary/aromatic N) is 3. The first-order valence-electron chi connectivity index (χ1n) is 13.5. The number of ether oxygens (including phenoxy) is 3. The molecule has 39 heavy (non-hydrogen) atoms. The summed E-state index contributed by atoms with van der Waals surface area (Å²) in [6.45, 7) is 1.91. The summed E-state index contributed by atoms with van der Waals surface area (Å²) in [5.74, 6) is 1.26. The zero-order valence-corrected chi connectivity index (χ0v) is 21.9. The molecule has 1 aliphatic heterocycles. The van der Waals surface area contributed by atoms with E-state index in [0.29, 0.717) is 56.2 Å². The van der Waals surface area contributed by atoms with Gasteiger partial charge in [-0.15, -0.1) is 0 Å². The van der Waals surface area contributed by atoms with E-state index < -0.39 is 6.09 Å². The lowest BCUT2D eigenvalue weighted by atomic mass is 10.1. The van der Waals surface area contributed by atoms with Gasteiger partial charge in [-0.1, -0.05) is 35.5 Å². The Morgan fingerprint density at radius 2 is 2.03 bits per heavy atom. The summed E-state index contributed by atoms with van der Waals surface area (Å²) in [6, 6.07) is 17.3. The number of hydrogen-bond donors (Lipinski definition) is 2. The van der Waals surface area contributed by atoms with Crippen LogP contribution in [0.1, 0.15) is 49.6 Å². The van der Waals surface area contributed by atoms with Crippen LogP contribution in [-0.2, 0) is 22.5 Å². The van der Waals surface area contributed by atoms with E-state index in [1.54, 1.807) is 0 Å². The SMILES string of the molecule is O=C(NCCCOc1ccc2c(c1)c(-c1cc(CCCO)no1)nn2C1CCCCO1)OCc1ccccc1. The number of aromatic nitrogens is 3. The Morgan fingerprint density at radius 3 is 2.85 bits per heavy atom. The fourth-order valence-corrected chi connectivity index (χ4v) is 4.56. The summed E-state index contributed by atoms with van der Waals surface area (Å²) < 4.78 is 24.8. The number of alkyl carbamates (subject to hydrolysis) is 1. The van der Waals surface area contributed by atoms with Crippen LogP contribution >= 0.6 is 0 Å². The highest BCUT2D eigenvalue weighted by Crippen LogP contribution is 2.35. The third-order valence-electron chi connectivity index (χ3n) is 6.56. The maximum atomic E-state index is 11.9. The van der Waals surface area contributed by atoms with Crippen LogP contribution in [0.5, 0.6) is 5.75 Å². The normalized spacial score (nSPS) is 15.4. The van der Waals surface area contributed by atoms with E-state index in [2.05, 4.69) is 10.5 Å². The lowest BCUT2D eigenvalue weighted by Gasteiger charge is -2.23. The van der Waals surface area contributed by atoms with Crippen LogP contribution in [0.2, 0.25) is 0 Å². The Balaban J connectivity index is 1.22. The number of fused-ring (bicyclic) bond motifs is 1. The van der Waals surface area contributed by atoms with Crippen molar-refractivity contribution in [3.63, 3.8) is 0 Å². The molecule has 1 atom stereocenters. The first-order chi connectivity index (χ1) is 19.2. The molecule has 10 heteroatoms. The van der Waals surface area contributed by atoms with Gasteiger partial charge in [0.15, 0.2) is 12.0 Å². The maximum Gasteiger partial charge on any atom is 0.407 e. The number of aryl methyl sites for hydroxylation is 1. The molecule has 0 saturated carbocycles. The maximum absolute atomic E-state index is 11.9. The molecule has 2 aromatic carbocycles. The largest absolute Gasteiger partial charge is 0.494 e. The van der Waals surface area contributed by atoms with Gasteiger partial charge in [-0.2, -0.15) is 5.10 Å². The summed E-state index contributed by atoms with van der Waals surface area (Å²) >= 11 is 0. The molecule has 5 rings (SSSR count). The van der Waals surface area contributed by atoms with Crippen LogP contribution < -0.4 is 10.1 Å². The van der Waals surface area contributed by atoms with Crippen LogP contribution in [0.4, 0.5) is 4.79 Å². The van der Waals surface area contributed by atoms with E-state index in [0.717, 1.165) is 41.4 Å². The lowest BCUT2D eigenvalue weighted by Crippen LogP contribution is -2.26. The predicted molar refractivity (Wildman–Crippen MR) is 144 cm³/mol. The monoisotopic (exact) mass is 534 g/mol. The third-order valence-corrected chi connectivity index (χ3v) is 6.56. The van der Waals surface area contributed by atoms with Gasteiger partial charge in [0.25, 0.3) is 0 Å². The van der Waals surface area contributed by atoms with E-state index in [1.807, 2.05) is 59.3 Å². The minimum atomic E-state index is -0.451. The third kappa shape index (κ3) is 6.96. The van der Waals surface area contributed by atoms with Crippen molar-refractivity contribution in [1.29, 1.82) is 0 Å². The number of aliphatic hydroxyl groups excluding tert-OH is 1. The second-order valence-corrected chi connectivity index (χ2v) is 9.49. The van der Waals surface area contributed by atoms with Gasteiger partial charge < -0.3 is 29.2 Å². The van der Waals surface area contributed by atoms with Gasteiger partial charge in [-0.25, -0.2) is 9.48 Å². The average Bonchev–Trinajstić information content (AvgIpc) is 3.60. The molecule has 1 fully saturated rings. The molecule has 0 spiro atoms. The second-order valence-electron chi connectivity index (χ2n) is 9.49. The van der Waals surface area contributed by atoms with Crippen molar-refractivity contribution in [2.75, 3.05) is 26.4 Å². The van der Waals surface area contributed by atoms with Crippen LogP contribution in [0.3, 0.4) is 0 Å². The minimum Gasteiger partial charge on any atom is -0.494 e. The Kier molecular flexibility index (Phi) is 9.08. The van der Waals surface area contributed by atoms with Crippen molar-refractivity contribution < 1.29 is 28.6 Å². The van der Waals surface area contributed by atoms with Crippen LogP contribution in [0.25, 0.3) is 22.4 Å². The molecule has 2 N–H and O–H groups in total. The molecule has 0 radical (unpaired) electrons. The van der Waals surface area contributed by atoms with E-state index >= 15 is 0 Å². The highest BCUT2D eigenvalue weighted by Gasteiger charge is 2.24. The van der Waals surface area contributed by atoms with Gasteiger partial charge in [0.1, 0.15) is 18.1 Å². The summed E-state index contributed by atoms with van der Waals surface area (Å²) in [6.07, 6.45) is 4.32. The molecule has 0 bridgehead atoms. The predicted octanol–water partition coefficient (Wildman–Crippen LogP) is 5.01. The molecule has 10 nitrogen and oxygen atoms in total. The number of benzene rings is 2. The number of aliphatic hydroxyl groups is 1. The lowest BCUT2D eigenvalue weighted by molar-refractivity contribution is -0.0365. The van der Waals surface area contributed by atoms with Crippen molar-refractivity contribution in [2.45, 2.75) is 51.4 Å². The zero-order chi connectivity index (χ0) is 26.9. The summed E-state index contributed by atoms with van der Waals surface area (Å²) in [7, 11) is 0. The molecule has 1 unspecified atom stereocenters. The standard InChI is InChI=1S/C29H34N4O6/c34-15-6-10-22-18-26(39-32-22)28-24-19-23(12-13-25(24)33(31-28)27-11-4-5-16-37-27)36-17-7-14-30-29(35)38-20-21-8-2-1-3-9-21/h1-3,8-9,12-13,18-19,27,34H,4-7,10-11,14-17,20H2,(H,30,35). The quantitative estimate of drug-likeness (QED) is 0.243. The molecule has 4 aromatic rings. The number of hydrogen-bond acceptors (Lipinski definition) is 8. The molecular formula is C29H34N4O6. The zero-order valence-electron chi connectivity index (χ0n) is 21.9. The molecule has 1 amide bonds. The average molecular weight is 535 g/mol. The first-order valence-corrected chi connectivity index (χ1v) is 13.5. The van der Waals surface area contributed by atoms with Gasteiger partial charge >= 0.3 is 6.09 Å². The van der Waals surface area contributed by atoms with Crippen LogP contribution in [-0.4, -0.2) is 52.5 Å². The van der Waals surface area contributed by atoms with Crippen molar-refractivity contribution >= 4 is 17.0 Å². The van der Waals surface area contributed by atoms with Crippen molar-refractivity contribution in [3.8, 4) is 17.2 Å². The highest BCUT2D eigenvalue weighted by atomic mass is 16.5. The smallest absolute Gasteiger partial charge is 0.407 e. The number of carbonyl (C=O) groups excluding carboxylic acids is 1. The van der Waals surface area contributed by atoms with E-state index in [9.17, 15) is 4.79 Å². The van der Waals surface area contributed by atoms with Gasteiger partial charge in [0, 0.05) is 31.2 Å². The van der Waals surface area contributed by atoms with Gasteiger partial charge in [0.2, 0.25) is 0 Å². The fourth-order valence-electron chi connectivity index (χ4n) is 4.56. The van der Waals surface area contributed by atoms with Crippen molar-refractivity contribution in [1.82, 2.24) is 20.3 Å². The minimum absolute atomic E-state index is 0.101. The van der Waals surface area contributed by atoms with Gasteiger partial charge in [-0.3, -0.25) is 0 Å². The molecule has 3 heterocycles. The summed E-state index contributed by atoms with van der Waals surface area (Å²) in [5, 5.41) is 21.8. The first kappa shape index (κ1) is 26.7. The summed E-state index contributed by atoms with van der Waals surface area (Å²) in [4.78, 5) is 11.9. The topological polar surface area (TPSA) is 121 Å². The highest BCUT2D eigenvalue weighted by molar-refractivity contribution is 5.93. The van der Waals surface area contributed by atoms with Crippen LogP contribution in [0, 0.1) is 0 Å². The fraction of sp³-hybridized carbons (Fsp3) is 0.414. The van der Waals surface area contributed by atoms with E-state index in [4.69, 9.17) is 28.9 Å². The molecular weight excluding hydrogens is 500 g/mol. The number of carbonyl (C=O) groups is 1. The van der Waals surface area contributed by atoms with Crippen LogP contribution in [0.15, 0.2) is 59.1 Å². The molecule has 206 valence electrons. The Labute approximate surface area is 226 Å². The molecule has 2 aromatic heterocycles.